The molecule has 2 N–H and O–H groups in total. The molecule has 1 amide bonds. The van der Waals surface area contributed by atoms with Gasteiger partial charge in [0, 0.05) is 23.5 Å². The molecular formula is C26H30F6N4OSSi2. The minimum absolute atomic E-state index is 0.0884. The third-order valence-electron chi connectivity index (χ3n) is 4.97. The number of nitriles is 2. The molecule has 216 valence electrons. The molecule has 0 fully saturated rings. The molecule has 5 nitrogen and oxygen atoms in total. The van der Waals surface area contributed by atoms with E-state index in [9.17, 15) is 31.1 Å². The Morgan fingerprint density at radius 2 is 1.12 bits per heavy atom. The normalized spacial score (nSPS) is 11.8. The van der Waals surface area contributed by atoms with Crippen LogP contribution >= 0.6 is 12.2 Å². The van der Waals surface area contributed by atoms with Gasteiger partial charge in [-0.3, -0.25) is 4.79 Å². The van der Waals surface area contributed by atoms with Crippen LogP contribution in [0.1, 0.15) is 38.2 Å². The lowest BCUT2D eigenvalue weighted by molar-refractivity contribution is -0.138. The van der Waals surface area contributed by atoms with Gasteiger partial charge in [0.1, 0.15) is 4.99 Å². The van der Waals surface area contributed by atoms with Crippen LogP contribution in [0.3, 0.4) is 0 Å². The number of carbonyl (C=O) groups is 1. The number of nitrogens with one attached hydrogen (secondary N) is 2. The van der Waals surface area contributed by atoms with Crippen molar-refractivity contribution in [3.05, 3.63) is 69.8 Å². The van der Waals surface area contributed by atoms with Crippen LogP contribution in [-0.4, -0.2) is 39.4 Å². The smallest absolute Gasteiger partial charge is 0.379 e. The van der Waals surface area contributed by atoms with Gasteiger partial charge in [-0.25, -0.2) is 0 Å². The standard InChI is InChI=1S/C13H15F3N2OSi.C13H15F3N2SSi/c2*1-20(2,3)8-18-12(19)9-4-5-10(7-17)11(6-9)13(14,15)16/h2*4-6H,8H2,1-3H3,(H,18,19). The van der Waals surface area contributed by atoms with Crippen molar-refractivity contribution >= 4 is 39.3 Å². The summed E-state index contributed by atoms with van der Waals surface area (Å²) in [5.74, 6) is -0.553. The van der Waals surface area contributed by atoms with Gasteiger partial charge in [0.2, 0.25) is 0 Å². The van der Waals surface area contributed by atoms with Gasteiger partial charge < -0.3 is 10.6 Å². The molecule has 0 aliphatic rings. The van der Waals surface area contributed by atoms with Crippen LogP contribution in [0.25, 0.3) is 0 Å². The Morgan fingerprint density at radius 1 is 0.750 bits per heavy atom. The summed E-state index contributed by atoms with van der Waals surface area (Å²) >= 11 is 5.11. The van der Waals surface area contributed by atoms with E-state index >= 15 is 0 Å². The number of amides is 1. The first-order valence-corrected chi connectivity index (χ1v) is 19.7. The Morgan fingerprint density at radius 3 is 1.50 bits per heavy atom. The van der Waals surface area contributed by atoms with Gasteiger partial charge in [0.25, 0.3) is 5.91 Å². The Balaban J connectivity index is 0.000000400. The highest BCUT2D eigenvalue weighted by Gasteiger charge is 2.35. The van der Waals surface area contributed by atoms with Crippen molar-refractivity contribution in [2.45, 2.75) is 51.6 Å². The van der Waals surface area contributed by atoms with Crippen LogP contribution in [0.5, 0.6) is 0 Å². The lowest BCUT2D eigenvalue weighted by Crippen LogP contribution is -2.39. The van der Waals surface area contributed by atoms with E-state index in [0.717, 1.165) is 24.3 Å². The van der Waals surface area contributed by atoms with Gasteiger partial charge >= 0.3 is 12.4 Å². The first-order valence-electron chi connectivity index (χ1n) is 11.9. The van der Waals surface area contributed by atoms with Crippen molar-refractivity contribution in [2.75, 3.05) is 12.3 Å². The first kappa shape index (κ1) is 34.8. The molecule has 0 aromatic heterocycles. The van der Waals surface area contributed by atoms with E-state index in [1.54, 1.807) is 6.07 Å². The van der Waals surface area contributed by atoms with Crippen LogP contribution < -0.4 is 10.6 Å². The van der Waals surface area contributed by atoms with Gasteiger partial charge in [-0.2, -0.15) is 36.9 Å². The summed E-state index contributed by atoms with van der Waals surface area (Å²) in [7, 11) is -2.92. The summed E-state index contributed by atoms with van der Waals surface area (Å²) in [6.45, 7) is 12.5. The maximum atomic E-state index is 12.8. The second-order valence-electron chi connectivity index (χ2n) is 11.2. The van der Waals surface area contributed by atoms with E-state index < -0.39 is 56.7 Å². The summed E-state index contributed by atoms with van der Waals surface area (Å²) in [6.07, 6.45) is -8.05. The molecule has 0 unspecified atom stereocenters. The fourth-order valence-corrected chi connectivity index (χ4v) is 4.66. The predicted octanol–water partition coefficient (Wildman–Crippen LogP) is 6.90. The second-order valence-corrected chi connectivity index (χ2v) is 22.6. The molecular weight excluding hydrogens is 587 g/mol. The fourth-order valence-electron chi connectivity index (χ4n) is 2.93. The van der Waals surface area contributed by atoms with E-state index in [1.807, 2.05) is 19.6 Å². The largest absolute Gasteiger partial charge is 0.417 e. The molecule has 0 aliphatic carbocycles. The molecule has 40 heavy (non-hydrogen) atoms. The number of carbonyl (C=O) groups excluding carboxylic acids is 1. The molecule has 0 saturated carbocycles. The Hall–Kier alpha value is -3.21. The fraction of sp³-hybridized carbons (Fsp3) is 0.385. The van der Waals surface area contributed by atoms with Crippen LogP contribution in [0.2, 0.25) is 39.3 Å². The number of rotatable bonds is 6. The van der Waals surface area contributed by atoms with Crippen LogP contribution in [-0.2, 0) is 12.4 Å². The van der Waals surface area contributed by atoms with Gasteiger partial charge in [0.15, 0.2) is 0 Å². The zero-order chi connectivity index (χ0) is 31.1. The number of hydrogen-bond acceptors (Lipinski definition) is 4. The minimum Gasteiger partial charge on any atom is -0.379 e. The molecule has 0 bridgehead atoms. The quantitative estimate of drug-likeness (QED) is 0.209. The maximum Gasteiger partial charge on any atom is 0.417 e. The summed E-state index contributed by atoms with van der Waals surface area (Å²) in [5, 5.41) is 23.0. The number of nitrogens with zero attached hydrogens (tertiary/aromatic N) is 2. The monoisotopic (exact) mass is 616 g/mol. The van der Waals surface area contributed by atoms with Crippen molar-refractivity contribution in [1.29, 1.82) is 10.5 Å². The van der Waals surface area contributed by atoms with Gasteiger partial charge in [0.05, 0.1) is 50.5 Å². The lowest BCUT2D eigenvalue weighted by Gasteiger charge is -2.18. The molecule has 14 heteroatoms. The number of alkyl halides is 6. The highest BCUT2D eigenvalue weighted by Crippen LogP contribution is 2.33. The summed E-state index contributed by atoms with van der Waals surface area (Å²) in [4.78, 5) is 12.1. The average molecular weight is 617 g/mol. The molecule has 0 saturated heterocycles. The summed E-state index contributed by atoms with van der Waals surface area (Å²) < 4.78 is 76.9. The van der Waals surface area contributed by atoms with E-state index in [4.69, 9.17) is 22.7 Å². The molecule has 0 heterocycles. The van der Waals surface area contributed by atoms with Crippen LogP contribution in [0.15, 0.2) is 36.4 Å². The van der Waals surface area contributed by atoms with Crippen molar-refractivity contribution < 1.29 is 31.1 Å². The van der Waals surface area contributed by atoms with Crippen molar-refractivity contribution in [3.8, 4) is 12.1 Å². The van der Waals surface area contributed by atoms with E-state index in [1.165, 1.54) is 18.2 Å². The SMILES string of the molecule is C[Si](C)(C)CNC(=O)c1ccc(C#N)c(C(F)(F)F)c1.C[Si](C)(C)CNC(=S)c1ccc(C#N)c(C(F)(F)F)c1. The van der Waals surface area contributed by atoms with Gasteiger partial charge in [-0.1, -0.05) is 57.6 Å². The molecule has 2 rings (SSSR count). The predicted molar refractivity (Wildman–Crippen MR) is 151 cm³/mol. The number of thiocarbonyl (C=S) groups is 1. The third kappa shape index (κ3) is 11.5. The molecule has 2 aromatic carbocycles. The molecule has 0 spiro atoms. The van der Waals surface area contributed by atoms with E-state index in [2.05, 4.69) is 30.3 Å². The second kappa shape index (κ2) is 13.4. The minimum atomic E-state index is -4.65. The average Bonchev–Trinajstić information content (AvgIpc) is 2.83. The Kier molecular flexibility index (Phi) is 11.7. The first-order chi connectivity index (χ1) is 18.1. The van der Waals surface area contributed by atoms with Crippen LogP contribution in [0, 0.1) is 22.7 Å². The number of hydrogen-bond donors (Lipinski definition) is 2. The number of halogens is 6. The topological polar surface area (TPSA) is 88.7 Å². The van der Waals surface area contributed by atoms with E-state index in [0.29, 0.717) is 12.3 Å². The lowest BCUT2D eigenvalue weighted by atomic mass is 10.0. The highest BCUT2D eigenvalue weighted by molar-refractivity contribution is 7.80. The van der Waals surface area contributed by atoms with Crippen molar-refractivity contribution in [1.82, 2.24) is 10.6 Å². The summed E-state index contributed by atoms with van der Waals surface area (Å²) in [5.41, 5.74) is -2.72. The Labute approximate surface area is 237 Å². The van der Waals surface area contributed by atoms with E-state index in [-0.39, 0.29) is 16.1 Å². The zero-order valence-electron chi connectivity index (χ0n) is 22.9. The molecule has 0 atom stereocenters. The Bertz CT molecular complexity index is 1220. The number of benzene rings is 2. The van der Waals surface area contributed by atoms with Gasteiger partial charge in [-0.05, 0) is 30.3 Å². The van der Waals surface area contributed by atoms with Gasteiger partial charge in [-0.15, -0.1) is 0 Å². The van der Waals surface area contributed by atoms with Crippen molar-refractivity contribution in [3.63, 3.8) is 0 Å². The zero-order valence-corrected chi connectivity index (χ0v) is 25.7. The highest BCUT2D eigenvalue weighted by atomic mass is 32.1. The van der Waals surface area contributed by atoms with Crippen molar-refractivity contribution in [2.24, 2.45) is 0 Å². The molecule has 0 radical (unpaired) electrons. The third-order valence-corrected chi connectivity index (χ3v) is 7.83. The maximum absolute atomic E-state index is 12.8. The molecule has 2 aromatic rings. The summed E-state index contributed by atoms with van der Waals surface area (Å²) in [6, 6.07) is 9.52. The van der Waals surface area contributed by atoms with Crippen LogP contribution in [0.4, 0.5) is 26.3 Å². The molecule has 0 aliphatic heterocycles.